The SMILES string of the molecule is CCCCc1nn(-c2nc3ccccc3s2)c(N=Nc2c(C)cc(N(c3nc4ccccc4s3)c3c(C)cc(C)cc3C)nc2Nc2c(C)cc(C)cc2C)c1C#N. The standard InChI is InChI=1S/C46H44N10S2/c1-9-10-15-34-33(25-47)44(56(54-34)46-49-36-17-12-14-19-38(36)58-46)53-52-41-30(6)24-39(50-43(41)51-40-28(4)20-26(2)21-29(40)5)55(42-31(7)22-27(3)23-32(42)8)45-48-35-16-11-13-18-37(35)57-45/h11-14,16-24H,9-10,15H2,1-8H3,(H,50,51). The highest BCUT2D eigenvalue weighted by molar-refractivity contribution is 7.22. The smallest absolute Gasteiger partial charge is 0.213 e. The van der Waals surface area contributed by atoms with Gasteiger partial charge in [0.05, 0.1) is 31.8 Å². The summed E-state index contributed by atoms with van der Waals surface area (Å²) in [4.78, 5) is 17.6. The van der Waals surface area contributed by atoms with E-state index < -0.39 is 0 Å². The average Bonchev–Trinajstić information content (AvgIpc) is 3.91. The molecule has 0 radical (unpaired) electrons. The second-order valence-corrected chi connectivity index (χ2v) is 16.9. The molecule has 4 aromatic carbocycles. The van der Waals surface area contributed by atoms with Gasteiger partial charge in [-0.05, 0) is 119 Å². The van der Waals surface area contributed by atoms with Gasteiger partial charge >= 0.3 is 0 Å². The first-order valence-electron chi connectivity index (χ1n) is 19.4. The highest BCUT2D eigenvalue weighted by atomic mass is 32.1. The Hall–Kier alpha value is -6.29. The number of aromatic nitrogens is 5. The molecule has 0 aliphatic rings. The number of rotatable bonds is 11. The Bertz CT molecular complexity index is 2810. The first-order chi connectivity index (χ1) is 28.0. The van der Waals surface area contributed by atoms with E-state index in [4.69, 9.17) is 30.3 Å². The lowest BCUT2D eigenvalue weighted by Crippen LogP contribution is -2.15. The van der Waals surface area contributed by atoms with E-state index in [1.54, 1.807) is 16.0 Å². The minimum absolute atomic E-state index is 0.340. The Labute approximate surface area is 346 Å². The van der Waals surface area contributed by atoms with Crippen molar-refractivity contribution in [1.82, 2.24) is 24.7 Å². The Morgan fingerprint density at radius 2 is 1.36 bits per heavy atom. The molecule has 0 aliphatic heterocycles. The zero-order valence-electron chi connectivity index (χ0n) is 34.0. The van der Waals surface area contributed by atoms with Crippen LogP contribution in [0.4, 0.5) is 39.6 Å². The third-order valence-electron chi connectivity index (χ3n) is 10.2. The van der Waals surface area contributed by atoms with Gasteiger partial charge in [0.2, 0.25) is 5.13 Å². The lowest BCUT2D eigenvalue weighted by atomic mass is 10.0. The lowest BCUT2D eigenvalue weighted by molar-refractivity contribution is 0.750. The van der Waals surface area contributed by atoms with Crippen LogP contribution in [0.1, 0.15) is 70.0 Å². The number of benzene rings is 4. The lowest BCUT2D eigenvalue weighted by Gasteiger charge is -2.27. The molecule has 0 amide bonds. The predicted octanol–water partition coefficient (Wildman–Crippen LogP) is 13.5. The molecule has 0 bridgehead atoms. The van der Waals surface area contributed by atoms with Crippen molar-refractivity contribution >= 4 is 82.8 Å². The molecule has 0 unspecified atom stereocenters. The van der Waals surface area contributed by atoms with Gasteiger partial charge < -0.3 is 5.32 Å². The van der Waals surface area contributed by atoms with E-state index in [1.807, 2.05) is 55.5 Å². The van der Waals surface area contributed by atoms with Crippen LogP contribution >= 0.6 is 22.7 Å². The molecule has 290 valence electrons. The van der Waals surface area contributed by atoms with Gasteiger partial charge in [-0.15, -0.1) is 10.2 Å². The minimum Gasteiger partial charge on any atom is -0.338 e. The van der Waals surface area contributed by atoms with Gasteiger partial charge in [0.15, 0.2) is 16.8 Å². The quantitative estimate of drug-likeness (QED) is 0.129. The zero-order chi connectivity index (χ0) is 40.7. The second kappa shape index (κ2) is 15.9. The normalized spacial score (nSPS) is 11.6. The van der Waals surface area contributed by atoms with Crippen LogP contribution in [-0.2, 0) is 6.42 Å². The number of azo groups is 1. The van der Waals surface area contributed by atoms with Crippen LogP contribution in [0.25, 0.3) is 25.6 Å². The van der Waals surface area contributed by atoms with Crippen LogP contribution in [-0.4, -0.2) is 24.7 Å². The number of nitriles is 1. The van der Waals surface area contributed by atoms with E-state index in [2.05, 4.69) is 95.1 Å². The van der Waals surface area contributed by atoms with Crippen molar-refractivity contribution in [2.45, 2.75) is 74.7 Å². The molecule has 4 aromatic heterocycles. The van der Waals surface area contributed by atoms with Gasteiger partial charge in [-0.3, -0.25) is 4.90 Å². The van der Waals surface area contributed by atoms with E-state index in [-0.39, 0.29) is 0 Å². The van der Waals surface area contributed by atoms with Crippen molar-refractivity contribution in [1.29, 1.82) is 5.26 Å². The Kier molecular flexibility index (Phi) is 10.6. The molecular weight excluding hydrogens is 757 g/mol. The number of thiazole rings is 2. The van der Waals surface area contributed by atoms with Gasteiger partial charge in [0.25, 0.3) is 0 Å². The second-order valence-electron chi connectivity index (χ2n) is 14.9. The molecule has 8 aromatic rings. The Balaban J connectivity index is 1.34. The largest absolute Gasteiger partial charge is 0.338 e. The first kappa shape index (κ1) is 38.6. The molecule has 10 nitrogen and oxygen atoms in total. The van der Waals surface area contributed by atoms with Crippen molar-refractivity contribution in [3.63, 3.8) is 0 Å². The van der Waals surface area contributed by atoms with Crippen molar-refractivity contribution in [2.75, 3.05) is 10.2 Å². The van der Waals surface area contributed by atoms with Crippen LogP contribution in [0.3, 0.4) is 0 Å². The van der Waals surface area contributed by atoms with Crippen molar-refractivity contribution in [3.05, 3.63) is 129 Å². The molecule has 0 fully saturated rings. The molecule has 12 heteroatoms. The first-order valence-corrected chi connectivity index (χ1v) is 21.1. The summed E-state index contributed by atoms with van der Waals surface area (Å²) in [5.41, 5.74) is 13.0. The number of pyridine rings is 1. The van der Waals surface area contributed by atoms with Crippen molar-refractivity contribution in [3.8, 4) is 11.2 Å². The van der Waals surface area contributed by atoms with Gasteiger partial charge in [-0.2, -0.15) is 15.0 Å². The van der Waals surface area contributed by atoms with Gasteiger partial charge in [0, 0.05) is 5.69 Å². The molecule has 0 atom stereocenters. The van der Waals surface area contributed by atoms with Crippen LogP contribution in [0.2, 0.25) is 0 Å². The molecule has 0 saturated carbocycles. The van der Waals surface area contributed by atoms with E-state index in [9.17, 15) is 5.26 Å². The summed E-state index contributed by atoms with van der Waals surface area (Å²) in [6.07, 6.45) is 2.50. The third kappa shape index (κ3) is 7.35. The summed E-state index contributed by atoms with van der Waals surface area (Å²) >= 11 is 3.13. The number of para-hydroxylation sites is 2. The monoisotopic (exact) mass is 800 g/mol. The Morgan fingerprint density at radius 1 is 0.741 bits per heavy atom. The number of fused-ring (bicyclic) bond motifs is 2. The summed E-state index contributed by atoms with van der Waals surface area (Å²) in [6, 6.07) is 29.3. The summed E-state index contributed by atoms with van der Waals surface area (Å²) in [5, 5.41) is 30.4. The molecule has 58 heavy (non-hydrogen) atoms. The number of nitrogens with zero attached hydrogens (tertiary/aromatic N) is 9. The molecule has 4 heterocycles. The zero-order valence-corrected chi connectivity index (χ0v) is 35.6. The maximum absolute atomic E-state index is 10.6. The van der Waals surface area contributed by atoms with E-state index in [0.717, 1.165) is 77.6 Å². The van der Waals surface area contributed by atoms with E-state index in [0.29, 0.717) is 46.0 Å². The molecular formula is C46H44N10S2. The number of hydrogen-bond acceptors (Lipinski definition) is 11. The van der Waals surface area contributed by atoms with E-state index in [1.165, 1.54) is 22.5 Å². The molecule has 0 spiro atoms. The summed E-state index contributed by atoms with van der Waals surface area (Å²) in [6.45, 7) is 16.8. The van der Waals surface area contributed by atoms with Crippen LogP contribution in [0.5, 0.6) is 0 Å². The topological polar surface area (TPSA) is 120 Å². The van der Waals surface area contributed by atoms with Crippen LogP contribution in [0.15, 0.2) is 89.1 Å². The fourth-order valence-electron chi connectivity index (χ4n) is 7.62. The number of unbranched alkanes of at least 4 members (excludes halogenated alkanes) is 1. The number of hydrogen-bond donors (Lipinski definition) is 1. The third-order valence-corrected chi connectivity index (χ3v) is 12.2. The van der Waals surface area contributed by atoms with E-state index >= 15 is 0 Å². The summed E-state index contributed by atoms with van der Waals surface area (Å²) in [7, 11) is 0. The molecule has 1 N–H and O–H groups in total. The van der Waals surface area contributed by atoms with Gasteiger partial charge in [-0.25, -0.2) is 15.0 Å². The number of anilines is 5. The highest BCUT2D eigenvalue weighted by Gasteiger charge is 2.26. The van der Waals surface area contributed by atoms with Gasteiger partial charge in [-0.1, -0.05) is 95.7 Å². The van der Waals surface area contributed by atoms with Crippen molar-refractivity contribution < 1.29 is 0 Å². The summed E-state index contributed by atoms with van der Waals surface area (Å²) < 4.78 is 3.79. The number of aryl methyl sites for hydroxylation is 8. The predicted molar refractivity (Wildman–Crippen MR) is 239 cm³/mol. The fraction of sp³-hybridized carbons (Fsp3) is 0.239. The number of nitrogens with one attached hydrogen (secondary N) is 1. The molecule has 0 aliphatic carbocycles. The molecule has 0 saturated heterocycles. The van der Waals surface area contributed by atoms with Crippen LogP contribution in [0, 0.1) is 59.8 Å². The Morgan fingerprint density at radius 3 is 1.98 bits per heavy atom. The van der Waals surface area contributed by atoms with Crippen molar-refractivity contribution in [2.24, 2.45) is 10.2 Å². The molecule has 8 rings (SSSR count). The summed E-state index contributed by atoms with van der Waals surface area (Å²) in [5.74, 6) is 1.56. The highest BCUT2D eigenvalue weighted by Crippen LogP contribution is 2.45. The maximum Gasteiger partial charge on any atom is 0.213 e. The average molecular weight is 801 g/mol. The van der Waals surface area contributed by atoms with Crippen LogP contribution < -0.4 is 10.2 Å². The van der Waals surface area contributed by atoms with Gasteiger partial charge in [0.1, 0.15) is 23.1 Å². The minimum atomic E-state index is 0.340. The maximum atomic E-state index is 10.6. The fourth-order valence-corrected chi connectivity index (χ4v) is 9.52.